The van der Waals surface area contributed by atoms with Gasteiger partial charge in [-0.25, -0.2) is 10.1 Å². The van der Waals surface area contributed by atoms with Crippen molar-refractivity contribution in [3.05, 3.63) is 93.8 Å². The molecule has 0 saturated carbocycles. The largest absolute Gasteiger partial charge is 0.382 e. The first-order valence-electron chi connectivity index (χ1n) is 10.2. The summed E-state index contributed by atoms with van der Waals surface area (Å²) in [4.78, 5) is 35.6. The number of hydrogen-bond acceptors (Lipinski definition) is 5. The lowest BCUT2D eigenvalue weighted by Gasteiger charge is -2.19. The molecule has 33 heavy (non-hydrogen) atoms. The first-order chi connectivity index (χ1) is 16.0. The van der Waals surface area contributed by atoms with Crippen LogP contribution < -0.4 is 21.1 Å². The molecule has 5 aromatic rings. The second-order valence-electron chi connectivity index (χ2n) is 7.49. The monoisotopic (exact) mass is 460 g/mol. The predicted octanol–water partition coefficient (Wildman–Crippen LogP) is 2.57. The molecule has 164 valence electrons. The van der Waals surface area contributed by atoms with Crippen molar-refractivity contribution in [2.45, 2.75) is 13.0 Å². The maximum Gasteiger partial charge on any atom is 0.362 e. The van der Waals surface area contributed by atoms with Crippen LogP contribution in [-0.2, 0) is 0 Å². The molecule has 10 heteroatoms. The molecule has 0 radical (unpaired) electrons. The molecule has 1 unspecified atom stereocenters. The summed E-state index contributed by atoms with van der Waals surface area (Å²) < 4.78 is 3.02. The van der Waals surface area contributed by atoms with E-state index in [4.69, 9.17) is 22.3 Å². The highest BCUT2D eigenvalue weighted by atomic mass is 35.5. The van der Waals surface area contributed by atoms with Gasteiger partial charge in [0.15, 0.2) is 11.4 Å². The van der Waals surface area contributed by atoms with E-state index >= 15 is 0 Å². The van der Waals surface area contributed by atoms with Crippen LogP contribution in [-0.4, -0.2) is 25.5 Å². The Labute approximate surface area is 192 Å². The average molecular weight is 461 g/mol. The SMILES string of the molecule is CC(NC(=O)c1c(N)[nH][n+]2cccnc12)c1nc2cccc(Cl)c2c(=O)n1-c1ccccc1. The number of halogens is 1. The molecule has 0 aliphatic heterocycles. The first kappa shape index (κ1) is 20.7. The number of H-pyrrole nitrogens is 1. The molecule has 1 atom stereocenters. The average Bonchev–Trinajstić information content (AvgIpc) is 3.15. The van der Waals surface area contributed by atoms with E-state index in [2.05, 4.69) is 15.4 Å². The van der Waals surface area contributed by atoms with E-state index in [1.54, 1.807) is 60.2 Å². The van der Waals surface area contributed by atoms with Crippen molar-refractivity contribution < 1.29 is 9.31 Å². The number of carbonyl (C=O) groups is 1. The number of fused-ring (bicyclic) bond motifs is 2. The van der Waals surface area contributed by atoms with Gasteiger partial charge in [0, 0.05) is 6.07 Å². The lowest BCUT2D eigenvalue weighted by atomic mass is 10.2. The number of nitrogens with one attached hydrogen (secondary N) is 2. The number of aromatic nitrogens is 5. The van der Waals surface area contributed by atoms with E-state index in [-0.39, 0.29) is 16.9 Å². The molecule has 5 rings (SSSR count). The molecule has 3 aromatic heterocycles. The van der Waals surface area contributed by atoms with Crippen molar-refractivity contribution in [1.29, 1.82) is 0 Å². The predicted molar refractivity (Wildman–Crippen MR) is 124 cm³/mol. The number of nitrogen functional groups attached to an aromatic ring is 1. The number of nitrogens with two attached hydrogens (primary N) is 1. The Kier molecular flexibility index (Phi) is 5.02. The molecule has 0 spiro atoms. The number of hydrogen-bond donors (Lipinski definition) is 3. The third kappa shape index (κ3) is 3.48. The summed E-state index contributed by atoms with van der Waals surface area (Å²) in [6.07, 6.45) is 3.28. The highest BCUT2D eigenvalue weighted by molar-refractivity contribution is 6.35. The van der Waals surface area contributed by atoms with Gasteiger partial charge in [-0.3, -0.25) is 14.2 Å². The van der Waals surface area contributed by atoms with Gasteiger partial charge in [0.05, 0.1) is 27.7 Å². The number of benzene rings is 2. The number of aromatic amines is 1. The first-order valence-corrected chi connectivity index (χ1v) is 10.5. The van der Waals surface area contributed by atoms with E-state index in [1.165, 1.54) is 4.57 Å². The van der Waals surface area contributed by atoms with Crippen LogP contribution in [0.2, 0.25) is 5.02 Å². The molecule has 0 aliphatic carbocycles. The number of nitrogens with zero attached hydrogens (tertiary/aromatic N) is 4. The van der Waals surface area contributed by atoms with Crippen molar-refractivity contribution in [2.24, 2.45) is 0 Å². The van der Waals surface area contributed by atoms with Crippen LogP contribution in [0.3, 0.4) is 0 Å². The summed E-state index contributed by atoms with van der Waals surface area (Å²) in [5, 5.41) is 6.41. The zero-order valence-electron chi connectivity index (χ0n) is 17.5. The fourth-order valence-electron chi connectivity index (χ4n) is 3.83. The van der Waals surface area contributed by atoms with Crippen molar-refractivity contribution in [2.75, 3.05) is 5.73 Å². The standard InChI is InChI=1S/C23H18ClN7O2/c1-13(27-22(32)18-19(25)29-30-12-6-11-26-21(18)30)20-28-16-10-5-9-15(24)17(16)23(33)31(20)14-7-3-2-4-8-14/h2-13H,1H3,(H3,25,27,29,32)/p+1. The second kappa shape index (κ2) is 8.03. The fraction of sp³-hybridized carbons (Fsp3) is 0.0870. The Balaban J connectivity index is 1.64. The zero-order chi connectivity index (χ0) is 23.1. The summed E-state index contributed by atoms with van der Waals surface area (Å²) in [5.74, 6) is 0.0861. The highest BCUT2D eigenvalue weighted by Crippen LogP contribution is 2.23. The molecule has 4 N–H and O–H groups in total. The topological polar surface area (TPSA) is 123 Å². The van der Waals surface area contributed by atoms with Crippen LogP contribution >= 0.6 is 11.6 Å². The Morgan fingerprint density at radius 1 is 1.18 bits per heavy atom. The lowest BCUT2D eigenvalue weighted by Crippen LogP contribution is -2.34. The molecule has 3 heterocycles. The van der Waals surface area contributed by atoms with E-state index < -0.39 is 11.9 Å². The summed E-state index contributed by atoms with van der Waals surface area (Å²) in [7, 11) is 0. The van der Waals surface area contributed by atoms with Gasteiger partial charge >= 0.3 is 5.65 Å². The molecular weight excluding hydrogens is 442 g/mol. The summed E-state index contributed by atoms with van der Waals surface area (Å²) in [6.45, 7) is 1.75. The van der Waals surface area contributed by atoms with Crippen LogP contribution in [0.5, 0.6) is 0 Å². The summed E-state index contributed by atoms with van der Waals surface area (Å²) in [5.41, 5.74) is 7.37. The molecule has 0 aliphatic rings. The molecular formula is C23H19ClN7O2+. The Morgan fingerprint density at radius 3 is 2.76 bits per heavy atom. The van der Waals surface area contributed by atoms with Crippen molar-refractivity contribution in [3.8, 4) is 5.69 Å². The van der Waals surface area contributed by atoms with Crippen molar-refractivity contribution in [3.63, 3.8) is 0 Å². The summed E-state index contributed by atoms with van der Waals surface area (Å²) >= 11 is 6.33. The summed E-state index contributed by atoms with van der Waals surface area (Å²) in [6, 6.07) is 15.2. The van der Waals surface area contributed by atoms with Gasteiger partial charge in [-0.2, -0.15) is 0 Å². The third-order valence-electron chi connectivity index (χ3n) is 5.33. The van der Waals surface area contributed by atoms with E-state index in [0.29, 0.717) is 33.1 Å². The molecule has 0 bridgehead atoms. The van der Waals surface area contributed by atoms with E-state index in [0.717, 1.165) is 0 Å². The minimum absolute atomic E-state index is 0.178. The molecule has 1 amide bonds. The van der Waals surface area contributed by atoms with Crippen LogP contribution in [0, 0.1) is 0 Å². The number of rotatable bonds is 4. The molecule has 2 aromatic carbocycles. The van der Waals surface area contributed by atoms with Crippen LogP contribution in [0.4, 0.5) is 5.82 Å². The van der Waals surface area contributed by atoms with Gasteiger partial charge in [-0.15, -0.1) is 4.52 Å². The van der Waals surface area contributed by atoms with Gasteiger partial charge in [-0.1, -0.05) is 35.9 Å². The normalized spacial score (nSPS) is 12.2. The van der Waals surface area contributed by atoms with Crippen LogP contribution in [0.1, 0.15) is 29.1 Å². The van der Waals surface area contributed by atoms with Gasteiger partial charge in [-0.05, 0) is 36.2 Å². The van der Waals surface area contributed by atoms with Crippen molar-refractivity contribution >= 4 is 39.9 Å². The maximum atomic E-state index is 13.5. The Morgan fingerprint density at radius 2 is 1.97 bits per heavy atom. The van der Waals surface area contributed by atoms with E-state index in [1.807, 2.05) is 18.2 Å². The highest BCUT2D eigenvalue weighted by Gasteiger charge is 2.27. The zero-order valence-corrected chi connectivity index (χ0v) is 18.2. The third-order valence-corrected chi connectivity index (χ3v) is 5.64. The lowest BCUT2D eigenvalue weighted by molar-refractivity contribution is -0.577. The molecule has 0 fully saturated rings. The second-order valence-corrected chi connectivity index (χ2v) is 7.90. The van der Waals surface area contributed by atoms with Gasteiger partial charge in [0.1, 0.15) is 18.2 Å². The fourth-order valence-corrected chi connectivity index (χ4v) is 4.08. The van der Waals surface area contributed by atoms with Gasteiger partial charge in [0.25, 0.3) is 11.5 Å². The minimum atomic E-state index is -0.646. The quantitative estimate of drug-likeness (QED) is 0.356. The Bertz CT molecular complexity index is 1580. The molecule has 0 saturated heterocycles. The number of anilines is 1. The van der Waals surface area contributed by atoms with E-state index in [9.17, 15) is 9.59 Å². The number of para-hydroxylation sites is 1. The Hall–Kier alpha value is -4.24. The van der Waals surface area contributed by atoms with Crippen LogP contribution in [0.15, 0.2) is 71.8 Å². The number of amides is 1. The molecule has 9 nitrogen and oxygen atoms in total. The minimum Gasteiger partial charge on any atom is -0.382 e. The van der Waals surface area contributed by atoms with Crippen LogP contribution in [0.25, 0.3) is 22.2 Å². The number of carbonyl (C=O) groups excluding carboxylic acids is 1. The van der Waals surface area contributed by atoms with Crippen molar-refractivity contribution in [1.82, 2.24) is 25.0 Å². The van der Waals surface area contributed by atoms with Gasteiger partial charge < -0.3 is 11.1 Å². The maximum absolute atomic E-state index is 13.5. The van der Waals surface area contributed by atoms with Gasteiger partial charge in [0.2, 0.25) is 0 Å². The smallest absolute Gasteiger partial charge is 0.362 e.